The first-order valence-corrected chi connectivity index (χ1v) is 14.9. The quantitative estimate of drug-likeness (QED) is 0.0722. The van der Waals surface area contributed by atoms with E-state index in [0.717, 1.165) is 12.8 Å². The lowest BCUT2D eigenvalue weighted by molar-refractivity contribution is -0.143. The van der Waals surface area contributed by atoms with Crippen LogP contribution in [-0.2, 0) is 9.53 Å². The predicted molar refractivity (Wildman–Crippen MR) is 147 cm³/mol. The topological polar surface area (TPSA) is 26.3 Å². The Bertz CT molecular complexity index is 429. The summed E-state index contributed by atoms with van der Waals surface area (Å²) in [4.78, 5) is 11.5. The number of esters is 1. The lowest BCUT2D eigenvalue weighted by atomic mass is 10.0. The third kappa shape index (κ3) is 25.7. The zero-order chi connectivity index (χ0) is 24.4. The molecule has 0 aliphatic carbocycles. The second-order valence-electron chi connectivity index (χ2n) is 10.6. The van der Waals surface area contributed by atoms with Gasteiger partial charge in [-0.1, -0.05) is 155 Å². The van der Waals surface area contributed by atoms with Crippen molar-refractivity contribution in [1.29, 1.82) is 0 Å². The molecule has 0 aromatic heterocycles. The number of ether oxygens (including phenoxy) is 1. The van der Waals surface area contributed by atoms with Gasteiger partial charge in [0.05, 0.1) is 6.10 Å². The van der Waals surface area contributed by atoms with E-state index in [-0.39, 0.29) is 12.1 Å². The smallest absolute Gasteiger partial charge is 0.333 e. The van der Waals surface area contributed by atoms with Crippen molar-refractivity contribution < 1.29 is 9.53 Å². The van der Waals surface area contributed by atoms with Gasteiger partial charge in [0.15, 0.2) is 0 Å². The summed E-state index contributed by atoms with van der Waals surface area (Å²) in [6.45, 7) is 9.61. The molecule has 0 aliphatic rings. The van der Waals surface area contributed by atoms with Crippen molar-refractivity contribution in [2.45, 2.75) is 181 Å². The molecular formula is C31H60O2. The van der Waals surface area contributed by atoms with Crippen LogP contribution in [0.1, 0.15) is 175 Å². The molecule has 1 atom stereocenters. The van der Waals surface area contributed by atoms with Crippen LogP contribution in [0.2, 0.25) is 0 Å². The Balaban J connectivity index is 3.13. The van der Waals surface area contributed by atoms with Crippen LogP contribution in [0.25, 0.3) is 0 Å². The van der Waals surface area contributed by atoms with E-state index >= 15 is 0 Å². The molecule has 0 aromatic rings. The van der Waals surface area contributed by atoms with Crippen molar-refractivity contribution in [3.63, 3.8) is 0 Å². The number of hydrogen-bond donors (Lipinski definition) is 0. The molecule has 0 heterocycles. The van der Waals surface area contributed by atoms with Crippen molar-refractivity contribution in [3.05, 3.63) is 12.2 Å². The van der Waals surface area contributed by atoms with Crippen molar-refractivity contribution in [3.8, 4) is 0 Å². The predicted octanol–water partition coefficient (Wildman–Crippen LogP) is 10.9. The lowest BCUT2D eigenvalue weighted by Crippen LogP contribution is -2.15. The van der Waals surface area contributed by atoms with Crippen LogP contribution in [0.5, 0.6) is 0 Å². The van der Waals surface area contributed by atoms with Crippen LogP contribution < -0.4 is 0 Å². The minimum Gasteiger partial charge on any atom is -0.459 e. The summed E-state index contributed by atoms with van der Waals surface area (Å²) in [7, 11) is 0. The third-order valence-corrected chi connectivity index (χ3v) is 6.87. The second kappa shape index (κ2) is 25.8. The first-order valence-electron chi connectivity index (χ1n) is 14.9. The molecule has 0 amide bonds. The Hall–Kier alpha value is -0.790. The molecule has 0 saturated carbocycles. The highest BCUT2D eigenvalue weighted by Gasteiger charge is 2.09. The zero-order valence-electron chi connectivity index (χ0n) is 23.1. The van der Waals surface area contributed by atoms with Gasteiger partial charge in [-0.05, 0) is 26.7 Å². The minimum absolute atomic E-state index is 0.0177. The number of unbranched alkanes of at least 4 members (excludes halogenated alkanes) is 22. The van der Waals surface area contributed by atoms with Crippen molar-refractivity contribution in [1.82, 2.24) is 0 Å². The maximum atomic E-state index is 11.5. The summed E-state index contributed by atoms with van der Waals surface area (Å²) >= 11 is 0. The van der Waals surface area contributed by atoms with E-state index in [1.807, 2.05) is 6.92 Å². The molecule has 0 bridgehead atoms. The van der Waals surface area contributed by atoms with Gasteiger partial charge in [0.1, 0.15) is 0 Å². The monoisotopic (exact) mass is 464 g/mol. The number of hydrogen-bond acceptors (Lipinski definition) is 2. The fraction of sp³-hybridized carbons (Fsp3) is 0.903. The van der Waals surface area contributed by atoms with Crippen LogP contribution in [0.4, 0.5) is 0 Å². The Labute approximate surface area is 208 Å². The molecule has 196 valence electrons. The largest absolute Gasteiger partial charge is 0.459 e. The molecule has 2 nitrogen and oxygen atoms in total. The van der Waals surface area contributed by atoms with E-state index in [4.69, 9.17) is 4.74 Å². The number of rotatable bonds is 26. The van der Waals surface area contributed by atoms with Gasteiger partial charge >= 0.3 is 5.97 Å². The van der Waals surface area contributed by atoms with E-state index < -0.39 is 0 Å². The summed E-state index contributed by atoms with van der Waals surface area (Å²) in [5.41, 5.74) is 0.492. The van der Waals surface area contributed by atoms with Crippen LogP contribution in [0.15, 0.2) is 12.2 Å². The van der Waals surface area contributed by atoms with Crippen molar-refractivity contribution in [2.75, 3.05) is 0 Å². The maximum Gasteiger partial charge on any atom is 0.333 e. The molecule has 0 radical (unpaired) electrons. The number of carbonyl (C=O) groups excluding carboxylic acids is 1. The third-order valence-electron chi connectivity index (χ3n) is 6.87. The average molecular weight is 465 g/mol. The Morgan fingerprint density at radius 3 is 1.12 bits per heavy atom. The van der Waals surface area contributed by atoms with Gasteiger partial charge in [0, 0.05) is 5.57 Å². The lowest BCUT2D eigenvalue weighted by Gasteiger charge is -2.12. The Morgan fingerprint density at radius 2 is 0.848 bits per heavy atom. The summed E-state index contributed by atoms with van der Waals surface area (Å²) in [6.07, 6.45) is 33.5. The van der Waals surface area contributed by atoms with Crippen LogP contribution >= 0.6 is 0 Å². The van der Waals surface area contributed by atoms with E-state index in [1.165, 1.54) is 141 Å². The first-order chi connectivity index (χ1) is 16.1. The molecule has 0 rings (SSSR count). The maximum absolute atomic E-state index is 11.5. The Morgan fingerprint density at radius 1 is 0.576 bits per heavy atom. The van der Waals surface area contributed by atoms with Gasteiger partial charge in [-0.2, -0.15) is 0 Å². The van der Waals surface area contributed by atoms with E-state index in [1.54, 1.807) is 6.92 Å². The standard InChI is InChI=1S/C31H60O2/c1-5-6-7-8-9-10-11-12-13-14-15-16-17-18-19-20-21-22-23-24-25-26-27-28-30(4)33-31(32)29(2)3/h30H,2,5-28H2,1,3-4H3. The van der Waals surface area contributed by atoms with E-state index in [2.05, 4.69) is 13.5 Å². The van der Waals surface area contributed by atoms with Crippen molar-refractivity contribution in [2.24, 2.45) is 0 Å². The molecular weight excluding hydrogens is 404 g/mol. The molecule has 0 fully saturated rings. The second-order valence-corrected chi connectivity index (χ2v) is 10.6. The van der Waals surface area contributed by atoms with Crippen molar-refractivity contribution >= 4 is 5.97 Å². The summed E-state index contributed by atoms with van der Waals surface area (Å²) in [6, 6.07) is 0. The van der Waals surface area contributed by atoms with Gasteiger partial charge in [-0.15, -0.1) is 0 Å². The molecule has 0 spiro atoms. The van der Waals surface area contributed by atoms with Gasteiger partial charge in [-0.3, -0.25) is 0 Å². The van der Waals surface area contributed by atoms with E-state index in [0.29, 0.717) is 5.57 Å². The molecule has 1 unspecified atom stereocenters. The highest BCUT2D eigenvalue weighted by molar-refractivity contribution is 5.87. The molecule has 0 N–H and O–H groups in total. The minimum atomic E-state index is -0.253. The highest BCUT2D eigenvalue weighted by atomic mass is 16.5. The highest BCUT2D eigenvalue weighted by Crippen LogP contribution is 2.16. The number of carbonyl (C=O) groups is 1. The molecule has 0 saturated heterocycles. The molecule has 2 heteroatoms. The van der Waals surface area contributed by atoms with Crippen LogP contribution in [-0.4, -0.2) is 12.1 Å². The summed E-state index contributed by atoms with van der Waals surface area (Å²) in [5, 5.41) is 0. The first kappa shape index (κ1) is 32.2. The van der Waals surface area contributed by atoms with Crippen LogP contribution in [0, 0.1) is 0 Å². The fourth-order valence-corrected chi connectivity index (χ4v) is 4.56. The SMILES string of the molecule is C=C(C)C(=O)OC(C)CCCCCCCCCCCCCCCCCCCCCCCCC. The van der Waals surface area contributed by atoms with Gasteiger partial charge in [0.25, 0.3) is 0 Å². The average Bonchev–Trinajstić information content (AvgIpc) is 2.79. The van der Waals surface area contributed by atoms with Gasteiger partial charge < -0.3 is 4.74 Å². The molecule has 33 heavy (non-hydrogen) atoms. The van der Waals surface area contributed by atoms with E-state index in [9.17, 15) is 4.79 Å². The van der Waals surface area contributed by atoms with Gasteiger partial charge in [0.2, 0.25) is 0 Å². The van der Waals surface area contributed by atoms with Crippen LogP contribution in [0.3, 0.4) is 0 Å². The summed E-state index contributed by atoms with van der Waals surface area (Å²) in [5.74, 6) is -0.253. The zero-order valence-corrected chi connectivity index (χ0v) is 23.1. The molecule has 0 aromatic carbocycles. The fourth-order valence-electron chi connectivity index (χ4n) is 4.56. The molecule has 0 aliphatic heterocycles. The van der Waals surface area contributed by atoms with Gasteiger partial charge in [-0.25, -0.2) is 4.79 Å². The normalized spacial score (nSPS) is 12.1. The Kier molecular flexibility index (Phi) is 25.2. The summed E-state index contributed by atoms with van der Waals surface area (Å²) < 4.78 is 5.32.